The third-order valence-corrected chi connectivity index (χ3v) is 12.7. The van der Waals surface area contributed by atoms with Crippen molar-refractivity contribution in [1.82, 2.24) is 0 Å². The largest absolute Gasteiger partial charge is 0.481 e. The third kappa shape index (κ3) is 2.81. The molecule has 4 saturated carbocycles. The van der Waals surface area contributed by atoms with Gasteiger partial charge in [0.25, 0.3) is 0 Å². The number of carboxylic acid groups (broad SMARTS) is 1. The molecule has 0 aromatic heterocycles. The predicted octanol–water partition coefficient (Wildman–Crippen LogP) is 7.15. The highest BCUT2D eigenvalue weighted by Gasteiger charge is 2.66. The topological polar surface area (TPSA) is 57.5 Å². The van der Waals surface area contributed by atoms with E-state index in [1.54, 1.807) is 11.1 Å². The first-order valence-corrected chi connectivity index (χ1v) is 13.5. The van der Waals surface area contributed by atoms with Gasteiger partial charge in [-0.1, -0.05) is 64.8 Å². The minimum absolute atomic E-state index is 0.0577. The van der Waals surface area contributed by atoms with Gasteiger partial charge in [-0.15, -0.1) is 0 Å². The van der Waals surface area contributed by atoms with Gasteiger partial charge in [-0.3, -0.25) is 4.79 Å². The summed E-state index contributed by atoms with van der Waals surface area (Å²) in [5, 5.41) is 20.9. The molecule has 5 aliphatic rings. The average Bonchev–Trinajstić information content (AvgIpc) is 2.73. The fourth-order valence-electron chi connectivity index (χ4n) is 9.84. The van der Waals surface area contributed by atoms with Crippen molar-refractivity contribution in [2.24, 2.45) is 44.3 Å². The van der Waals surface area contributed by atoms with Crippen LogP contribution < -0.4 is 0 Å². The van der Waals surface area contributed by atoms with E-state index in [0.717, 1.165) is 32.1 Å². The Hall–Kier alpha value is -1.09. The lowest BCUT2D eigenvalue weighted by molar-refractivity contribution is -0.155. The van der Waals surface area contributed by atoms with Gasteiger partial charge in [0.15, 0.2) is 0 Å². The second-order valence-electron chi connectivity index (χ2n) is 14.5. The molecule has 0 saturated heterocycles. The molecule has 4 fully saturated rings. The molecule has 33 heavy (non-hydrogen) atoms. The molecule has 0 aliphatic heterocycles. The van der Waals surface area contributed by atoms with Crippen molar-refractivity contribution >= 4 is 5.97 Å². The summed E-state index contributed by atoms with van der Waals surface area (Å²) in [6.07, 6.45) is 14.0. The molecule has 0 aromatic carbocycles. The molecule has 0 spiro atoms. The number of rotatable bonds is 1. The van der Waals surface area contributed by atoms with Gasteiger partial charge in [-0.25, -0.2) is 0 Å². The Morgan fingerprint density at radius 2 is 1.52 bits per heavy atom. The number of allylic oxidation sites excluding steroid dienone is 4. The molecule has 184 valence electrons. The first kappa shape index (κ1) is 23.6. The molecule has 0 bridgehead atoms. The van der Waals surface area contributed by atoms with Crippen LogP contribution in [0.15, 0.2) is 23.3 Å². The molecule has 2 N–H and O–H groups in total. The van der Waals surface area contributed by atoms with Crippen LogP contribution in [0.3, 0.4) is 0 Å². The van der Waals surface area contributed by atoms with Crippen LogP contribution in [-0.2, 0) is 4.79 Å². The number of carboxylic acids is 1. The summed E-state index contributed by atoms with van der Waals surface area (Å²) in [6, 6.07) is 0. The zero-order valence-corrected chi connectivity index (χ0v) is 22.1. The lowest BCUT2D eigenvalue weighted by Crippen LogP contribution is -2.61. The van der Waals surface area contributed by atoms with Gasteiger partial charge in [-0.2, -0.15) is 0 Å². The molecule has 0 amide bonds. The Balaban J connectivity index is 1.62. The van der Waals surface area contributed by atoms with Gasteiger partial charge in [0.1, 0.15) is 0 Å². The van der Waals surface area contributed by atoms with Crippen LogP contribution in [0.1, 0.15) is 106 Å². The highest BCUT2D eigenvalue weighted by molar-refractivity contribution is 5.74. The van der Waals surface area contributed by atoms with Crippen molar-refractivity contribution in [2.75, 3.05) is 0 Å². The second kappa shape index (κ2) is 6.77. The molecular formula is C30H46O3. The maximum atomic E-state index is 12.2. The van der Waals surface area contributed by atoms with Gasteiger partial charge >= 0.3 is 5.97 Å². The minimum Gasteiger partial charge on any atom is -0.481 e. The Labute approximate surface area is 201 Å². The Bertz CT molecular complexity index is 944. The van der Waals surface area contributed by atoms with Gasteiger partial charge in [0.05, 0.1) is 11.5 Å². The summed E-state index contributed by atoms with van der Waals surface area (Å²) in [5.74, 6) is 0.244. The summed E-state index contributed by atoms with van der Waals surface area (Å²) >= 11 is 0. The summed E-state index contributed by atoms with van der Waals surface area (Å²) in [4.78, 5) is 12.2. The number of fused-ring (bicyclic) bond motifs is 7. The van der Waals surface area contributed by atoms with E-state index in [9.17, 15) is 15.0 Å². The quantitative estimate of drug-likeness (QED) is 0.442. The molecule has 0 heterocycles. The average molecular weight is 455 g/mol. The van der Waals surface area contributed by atoms with Crippen LogP contribution >= 0.6 is 0 Å². The van der Waals surface area contributed by atoms with E-state index < -0.39 is 11.4 Å². The zero-order valence-electron chi connectivity index (χ0n) is 22.1. The summed E-state index contributed by atoms with van der Waals surface area (Å²) in [7, 11) is 0. The van der Waals surface area contributed by atoms with Crippen molar-refractivity contribution in [1.29, 1.82) is 0 Å². The van der Waals surface area contributed by atoms with E-state index in [1.165, 1.54) is 25.7 Å². The number of hydrogen-bond donors (Lipinski definition) is 2. The smallest absolute Gasteiger partial charge is 0.309 e. The van der Waals surface area contributed by atoms with Crippen LogP contribution in [-0.4, -0.2) is 22.3 Å². The highest BCUT2D eigenvalue weighted by Crippen LogP contribution is 2.74. The fourth-order valence-corrected chi connectivity index (χ4v) is 9.84. The Morgan fingerprint density at radius 1 is 0.848 bits per heavy atom. The first-order chi connectivity index (χ1) is 15.1. The van der Waals surface area contributed by atoms with E-state index in [0.29, 0.717) is 11.8 Å². The maximum Gasteiger partial charge on any atom is 0.309 e. The van der Waals surface area contributed by atoms with Gasteiger partial charge in [0.2, 0.25) is 0 Å². The van der Waals surface area contributed by atoms with Crippen molar-refractivity contribution in [3.63, 3.8) is 0 Å². The fraction of sp³-hybridized carbons (Fsp3) is 0.833. The molecule has 5 rings (SSSR count). The van der Waals surface area contributed by atoms with Gasteiger partial charge in [0, 0.05) is 0 Å². The monoisotopic (exact) mass is 454 g/mol. The Morgan fingerprint density at radius 3 is 2.18 bits per heavy atom. The molecule has 8 atom stereocenters. The second-order valence-corrected chi connectivity index (χ2v) is 14.5. The standard InChI is InChI=1S/C30H46O3/c1-25(2)21-10-13-30(7)22(28(21,5)12-11-23(25)31)9-8-19-20-18-27(4,24(32)33)15-14-26(20,3)16-17-29(19,30)6/h8-9,20-21,23,31H,10-18H2,1-7H3,(H,32,33)/t20-,21+,23+,26-,27+,28-,29+,30-/m1/s1. The van der Waals surface area contributed by atoms with Crippen molar-refractivity contribution in [3.05, 3.63) is 23.3 Å². The zero-order chi connectivity index (χ0) is 24.2. The lowest BCUT2D eigenvalue weighted by atomic mass is 9.36. The summed E-state index contributed by atoms with van der Waals surface area (Å²) in [6.45, 7) is 16.5. The SMILES string of the molecule is CC1(C)[C@@H](O)CC[C@@]2(C)C3=CC=C4[C@H]5C[C@@](C)(C(=O)O)CC[C@]5(C)CC[C@]4(C)[C@]3(C)CC[C@@H]12. The lowest BCUT2D eigenvalue weighted by Gasteiger charge is -2.68. The first-order valence-electron chi connectivity index (χ1n) is 13.5. The van der Waals surface area contributed by atoms with Crippen LogP contribution in [0.25, 0.3) is 0 Å². The maximum absolute atomic E-state index is 12.2. The molecule has 0 aromatic rings. The summed E-state index contributed by atoms with van der Waals surface area (Å²) < 4.78 is 0. The van der Waals surface area contributed by atoms with Crippen LogP contribution in [0, 0.1) is 44.3 Å². The van der Waals surface area contributed by atoms with E-state index in [2.05, 4.69) is 53.7 Å². The number of aliphatic hydroxyl groups excluding tert-OH is 1. The third-order valence-electron chi connectivity index (χ3n) is 12.7. The number of aliphatic carboxylic acids is 1. The van der Waals surface area contributed by atoms with Crippen molar-refractivity contribution < 1.29 is 15.0 Å². The molecule has 5 aliphatic carbocycles. The molecule has 0 radical (unpaired) electrons. The number of hydrogen-bond acceptors (Lipinski definition) is 2. The van der Waals surface area contributed by atoms with Crippen molar-refractivity contribution in [3.8, 4) is 0 Å². The normalized spacial score (nSPS) is 52.9. The van der Waals surface area contributed by atoms with E-state index in [1.807, 2.05) is 6.92 Å². The molecular weight excluding hydrogens is 408 g/mol. The van der Waals surface area contributed by atoms with E-state index in [-0.39, 0.29) is 33.2 Å². The molecule has 3 nitrogen and oxygen atoms in total. The van der Waals surface area contributed by atoms with Gasteiger partial charge in [-0.05, 0) is 104 Å². The van der Waals surface area contributed by atoms with E-state index in [4.69, 9.17) is 0 Å². The predicted molar refractivity (Wildman–Crippen MR) is 133 cm³/mol. The van der Waals surface area contributed by atoms with Crippen LogP contribution in [0.5, 0.6) is 0 Å². The minimum atomic E-state index is -0.619. The molecule has 3 heteroatoms. The van der Waals surface area contributed by atoms with Gasteiger partial charge < -0.3 is 10.2 Å². The van der Waals surface area contributed by atoms with E-state index >= 15 is 0 Å². The number of aliphatic hydroxyl groups is 1. The molecule has 0 unspecified atom stereocenters. The van der Waals surface area contributed by atoms with Crippen molar-refractivity contribution in [2.45, 2.75) is 112 Å². The Kier molecular flexibility index (Phi) is 4.85. The van der Waals surface area contributed by atoms with Crippen LogP contribution in [0.2, 0.25) is 0 Å². The summed E-state index contributed by atoms with van der Waals surface area (Å²) in [5.41, 5.74) is 3.05. The number of carbonyl (C=O) groups is 1. The van der Waals surface area contributed by atoms with Crippen LogP contribution in [0.4, 0.5) is 0 Å². The highest BCUT2D eigenvalue weighted by atomic mass is 16.4.